The molecular formula is C19H13NO3S. The molecule has 0 saturated carbocycles. The first-order chi connectivity index (χ1) is 11.7. The van der Waals surface area contributed by atoms with Crippen molar-refractivity contribution >= 4 is 38.3 Å². The van der Waals surface area contributed by atoms with Gasteiger partial charge in [-0.2, -0.15) is 0 Å². The number of aliphatic carboxylic acids is 1. The van der Waals surface area contributed by atoms with Gasteiger partial charge in [0.15, 0.2) is 6.61 Å². The van der Waals surface area contributed by atoms with Crippen molar-refractivity contribution in [2.45, 2.75) is 0 Å². The molecule has 3 aromatic carbocycles. The highest BCUT2D eigenvalue weighted by Crippen LogP contribution is 2.32. The fraction of sp³-hybridized carbons (Fsp3) is 0.0526. The number of hydrogen-bond acceptors (Lipinski definition) is 4. The van der Waals surface area contributed by atoms with Crippen molar-refractivity contribution in [1.29, 1.82) is 0 Å². The number of carbonyl (C=O) groups is 1. The number of ether oxygens (including phenoxy) is 1. The average molecular weight is 335 g/mol. The number of para-hydroxylation sites is 1. The van der Waals surface area contributed by atoms with E-state index in [4.69, 9.17) is 9.84 Å². The van der Waals surface area contributed by atoms with Crippen LogP contribution in [-0.2, 0) is 4.79 Å². The van der Waals surface area contributed by atoms with Gasteiger partial charge in [-0.15, -0.1) is 11.3 Å². The number of rotatable bonds is 4. The molecule has 1 heterocycles. The summed E-state index contributed by atoms with van der Waals surface area (Å²) < 4.78 is 6.39. The number of nitrogens with zero attached hydrogens (tertiary/aromatic N) is 1. The number of hydrogen-bond donors (Lipinski definition) is 1. The van der Waals surface area contributed by atoms with E-state index in [1.165, 1.54) is 4.70 Å². The summed E-state index contributed by atoms with van der Waals surface area (Å²) in [6.45, 7) is -0.338. The molecule has 0 fully saturated rings. The number of carboxylic acids is 1. The Morgan fingerprint density at radius 3 is 2.67 bits per heavy atom. The third-order valence-corrected chi connectivity index (χ3v) is 4.80. The van der Waals surface area contributed by atoms with Crippen molar-refractivity contribution in [2.24, 2.45) is 0 Å². The molecule has 0 unspecified atom stereocenters. The minimum Gasteiger partial charge on any atom is -0.482 e. The molecule has 0 aliphatic rings. The molecule has 5 heteroatoms. The lowest BCUT2D eigenvalue weighted by Gasteiger charge is -2.06. The molecule has 4 nitrogen and oxygen atoms in total. The zero-order valence-corrected chi connectivity index (χ0v) is 13.4. The molecule has 0 bridgehead atoms. The van der Waals surface area contributed by atoms with E-state index >= 15 is 0 Å². The highest BCUT2D eigenvalue weighted by molar-refractivity contribution is 7.21. The second kappa shape index (κ2) is 5.94. The first-order valence-electron chi connectivity index (χ1n) is 7.43. The molecule has 0 spiro atoms. The van der Waals surface area contributed by atoms with Crippen LogP contribution in [0.4, 0.5) is 0 Å². The van der Waals surface area contributed by atoms with E-state index in [9.17, 15) is 4.79 Å². The molecule has 1 N–H and O–H groups in total. The summed E-state index contributed by atoms with van der Waals surface area (Å²) in [6, 6.07) is 19.8. The quantitative estimate of drug-likeness (QED) is 0.593. The molecule has 4 rings (SSSR count). The normalized spacial score (nSPS) is 11.0. The van der Waals surface area contributed by atoms with E-state index in [0.29, 0.717) is 5.75 Å². The Kier molecular flexibility index (Phi) is 3.63. The summed E-state index contributed by atoms with van der Waals surface area (Å²) in [7, 11) is 0. The van der Waals surface area contributed by atoms with Gasteiger partial charge in [0.05, 0.1) is 10.2 Å². The average Bonchev–Trinajstić information content (AvgIpc) is 3.03. The molecule has 0 atom stereocenters. The highest BCUT2D eigenvalue weighted by atomic mass is 32.1. The van der Waals surface area contributed by atoms with Crippen LogP contribution in [0.2, 0.25) is 0 Å². The van der Waals surface area contributed by atoms with E-state index in [-0.39, 0.29) is 6.61 Å². The number of aromatic nitrogens is 1. The Balaban J connectivity index is 1.70. The first kappa shape index (κ1) is 14.7. The van der Waals surface area contributed by atoms with Crippen molar-refractivity contribution < 1.29 is 14.6 Å². The lowest BCUT2D eigenvalue weighted by Crippen LogP contribution is -2.09. The lowest BCUT2D eigenvalue weighted by atomic mass is 10.1. The molecule has 0 aliphatic heterocycles. The van der Waals surface area contributed by atoms with Crippen LogP contribution in [0.25, 0.3) is 31.6 Å². The predicted molar refractivity (Wildman–Crippen MR) is 95.7 cm³/mol. The van der Waals surface area contributed by atoms with Gasteiger partial charge in [-0.25, -0.2) is 9.78 Å². The summed E-state index contributed by atoms with van der Waals surface area (Å²) in [5, 5.41) is 11.7. The van der Waals surface area contributed by atoms with Gasteiger partial charge < -0.3 is 9.84 Å². The smallest absolute Gasteiger partial charge is 0.341 e. The Bertz CT molecular complexity index is 1020. The van der Waals surface area contributed by atoms with Crippen LogP contribution in [0.5, 0.6) is 5.75 Å². The van der Waals surface area contributed by atoms with Gasteiger partial charge in [0.25, 0.3) is 0 Å². The maximum Gasteiger partial charge on any atom is 0.341 e. The summed E-state index contributed by atoms with van der Waals surface area (Å²) in [6.07, 6.45) is 0. The standard InChI is InChI=1S/C19H13NO3S/c21-18(22)11-23-15-8-7-12-9-14(6-5-13(12)10-15)19-20-16-3-1-2-4-17(16)24-19/h1-10H,11H2,(H,21,22). The summed E-state index contributed by atoms with van der Waals surface area (Å²) in [4.78, 5) is 15.3. The van der Waals surface area contributed by atoms with Gasteiger partial charge in [-0.05, 0) is 41.1 Å². The van der Waals surface area contributed by atoms with Gasteiger partial charge in [0, 0.05) is 5.56 Å². The number of benzene rings is 3. The van der Waals surface area contributed by atoms with Crippen LogP contribution in [0.1, 0.15) is 0 Å². The maximum atomic E-state index is 10.6. The fourth-order valence-electron chi connectivity index (χ4n) is 2.59. The molecule has 1 aromatic heterocycles. The fourth-order valence-corrected chi connectivity index (χ4v) is 3.55. The summed E-state index contributed by atoms with van der Waals surface area (Å²) in [5.41, 5.74) is 2.08. The van der Waals surface area contributed by atoms with Crippen LogP contribution in [0.15, 0.2) is 60.7 Å². The summed E-state index contributed by atoms with van der Waals surface area (Å²) >= 11 is 1.67. The second-order valence-electron chi connectivity index (χ2n) is 5.39. The molecule has 0 aliphatic carbocycles. The van der Waals surface area contributed by atoms with E-state index in [2.05, 4.69) is 17.1 Å². The highest BCUT2D eigenvalue weighted by Gasteiger charge is 2.07. The Morgan fingerprint density at radius 1 is 1.04 bits per heavy atom. The van der Waals surface area contributed by atoms with Crippen LogP contribution >= 0.6 is 11.3 Å². The van der Waals surface area contributed by atoms with Crippen molar-refractivity contribution in [1.82, 2.24) is 4.98 Å². The third kappa shape index (κ3) is 2.81. The predicted octanol–water partition coefficient (Wildman–Crippen LogP) is 4.58. The first-order valence-corrected chi connectivity index (χ1v) is 8.25. The van der Waals surface area contributed by atoms with E-state index in [0.717, 1.165) is 26.9 Å². The van der Waals surface area contributed by atoms with Crippen LogP contribution in [0.3, 0.4) is 0 Å². The molecule has 4 aromatic rings. The van der Waals surface area contributed by atoms with Gasteiger partial charge in [-0.3, -0.25) is 0 Å². The second-order valence-corrected chi connectivity index (χ2v) is 6.42. The van der Waals surface area contributed by atoms with Gasteiger partial charge in [0.1, 0.15) is 10.8 Å². The molecule has 0 radical (unpaired) electrons. The van der Waals surface area contributed by atoms with Crippen LogP contribution < -0.4 is 4.74 Å². The Labute approximate surface area is 142 Å². The SMILES string of the molecule is O=C(O)COc1ccc2cc(-c3nc4ccccc4s3)ccc2c1. The van der Waals surface area contributed by atoms with E-state index in [1.54, 1.807) is 17.4 Å². The van der Waals surface area contributed by atoms with Gasteiger partial charge in [0.2, 0.25) is 0 Å². The van der Waals surface area contributed by atoms with Crippen molar-refractivity contribution in [3.8, 4) is 16.3 Å². The molecule has 118 valence electrons. The largest absolute Gasteiger partial charge is 0.482 e. The minimum absolute atomic E-state index is 0.338. The van der Waals surface area contributed by atoms with Crippen LogP contribution in [0, 0.1) is 0 Å². The zero-order valence-electron chi connectivity index (χ0n) is 12.6. The molecular weight excluding hydrogens is 322 g/mol. The monoisotopic (exact) mass is 335 g/mol. The number of thiazole rings is 1. The maximum absolute atomic E-state index is 10.6. The third-order valence-electron chi connectivity index (χ3n) is 3.71. The van der Waals surface area contributed by atoms with Crippen molar-refractivity contribution in [3.63, 3.8) is 0 Å². The number of carboxylic acid groups (broad SMARTS) is 1. The minimum atomic E-state index is -0.985. The van der Waals surface area contributed by atoms with E-state index in [1.807, 2.05) is 42.5 Å². The van der Waals surface area contributed by atoms with Crippen molar-refractivity contribution in [3.05, 3.63) is 60.7 Å². The van der Waals surface area contributed by atoms with Gasteiger partial charge >= 0.3 is 5.97 Å². The number of fused-ring (bicyclic) bond motifs is 2. The van der Waals surface area contributed by atoms with E-state index < -0.39 is 5.97 Å². The van der Waals surface area contributed by atoms with Crippen LogP contribution in [-0.4, -0.2) is 22.7 Å². The van der Waals surface area contributed by atoms with Gasteiger partial charge in [-0.1, -0.05) is 30.3 Å². The zero-order chi connectivity index (χ0) is 16.5. The molecule has 0 amide bonds. The Morgan fingerprint density at radius 2 is 1.83 bits per heavy atom. The Hall–Kier alpha value is -2.92. The molecule has 0 saturated heterocycles. The summed E-state index contributed by atoms with van der Waals surface area (Å²) in [5.74, 6) is -0.432. The topological polar surface area (TPSA) is 59.4 Å². The van der Waals surface area contributed by atoms with Crippen molar-refractivity contribution in [2.75, 3.05) is 6.61 Å². The molecule has 24 heavy (non-hydrogen) atoms. The lowest BCUT2D eigenvalue weighted by molar-refractivity contribution is -0.139.